The van der Waals surface area contributed by atoms with Crippen molar-refractivity contribution in [3.05, 3.63) is 77.1 Å². The molecule has 1 aliphatic heterocycles. The maximum atomic E-state index is 11.8. The first kappa shape index (κ1) is 23.5. The van der Waals surface area contributed by atoms with Crippen molar-refractivity contribution in [2.24, 2.45) is 5.92 Å². The smallest absolute Gasteiger partial charge is 0.339 e. The zero-order valence-corrected chi connectivity index (χ0v) is 19.7. The zero-order valence-electron chi connectivity index (χ0n) is 19.7. The largest absolute Gasteiger partial charge is 0.497 e. The fourth-order valence-electron chi connectivity index (χ4n) is 4.54. The number of nitrogens with zero attached hydrogens (tertiary/aromatic N) is 3. The van der Waals surface area contributed by atoms with E-state index in [1.54, 1.807) is 14.2 Å². The van der Waals surface area contributed by atoms with Crippen molar-refractivity contribution in [2.75, 3.05) is 32.2 Å². The van der Waals surface area contributed by atoms with Crippen LogP contribution in [-0.2, 0) is 19.3 Å². The molecule has 1 aromatic heterocycles. The number of hydrogen-bond donors (Lipinski definition) is 1. The van der Waals surface area contributed by atoms with Gasteiger partial charge in [-0.05, 0) is 67.3 Å². The number of methoxy groups -OCH3 is 2. The summed E-state index contributed by atoms with van der Waals surface area (Å²) in [5.74, 6) is 1.71. The normalized spacial score (nSPS) is 14.1. The van der Waals surface area contributed by atoms with Crippen LogP contribution in [0.2, 0.25) is 0 Å². The Bertz CT molecular complexity index is 1110. The van der Waals surface area contributed by atoms with Crippen LogP contribution in [0.4, 0.5) is 5.95 Å². The first-order valence-corrected chi connectivity index (χ1v) is 11.7. The predicted octanol–water partition coefficient (Wildman–Crippen LogP) is 4.44. The lowest BCUT2D eigenvalue weighted by Gasteiger charge is -2.32. The monoisotopic (exact) mass is 461 g/mol. The average molecular weight is 462 g/mol. The summed E-state index contributed by atoms with van der Waals surface area (Å²) >= 11 is 0. The van der Waals surface area contributed by atoms with E-state index in [4.69, 9.17) is 14.5 Å². The van der Waals surface area contributed by atoms with Gasteiger partial charge in [0.2, 0.25) is 5.95 Å². The van der Waals surface area contributed by atoms with E-state index >= 15 is 0 Å². The summed E-state index contributed by atoms with van der Waals surface area (Å²) in [5, 5.41) is 9.68. The quantitative estimate of drug-likeness (QED) is 0.504. The molecule has 2 heterocycles. The highest BCUT2D eigenvalue weighted by Gasteiger charge is 2.23. The Morgan fingerprint density at radius 2 is 1.82 bits per heavy atom. The molecular formula is C27H31N3O4. The number of carboxylic acid groups (broad SMARTS) is 1. The van der Waals surface area contributed by atoms with E-state index in [0.29, 0.717) is 30.4 Å². The lowest BCUT2D eigenvalue weighted by molar-refractivity contribution is 0.0694. The maximum absolute atomic E-state index is 11.8. The second kappa shape index (κ2) is 11.0. The molecule has 34 heavy (non-hydrogen) atoms. The van der Waals surface area contributed by atoms with Gasteiger partial charge in [0, 0.05) is 19.3 Å². The van der Waals surface area contributed by atoms with Gasteiger partial charge < -0.3 is 19.5 Å². The molecule has 0 bridgehead atoms. The Kier molecular flexibility index (Phi) is 7.62. The van der Waals surface area contributed by atoms with E-state index in [2.05, 4.69) is 34.1 Å². The molecule has 1 N–H and O–H groups in total. The number of benzene rings is 2. The fraction of sp³-hybridized carbons (Fsp3) is 0.370. The Morgan fingerprint density at radius 3 is 2.50 bits per heavy atom. The van der Waals surface area contributed by atoms with Crippen LogP contribution < -0.4 is 14.4 Å². The number of aromatic carboxylic acids is 1. The number of piperidine rings is 1. The third kappa shape index (κ3) is 5.65. The fourth-order valence-corrected chi connectivity index (χ4v) is 4.54. The molecule has 1 saturated heterocycles. The van der Waals surface area contributed by atoms with Gasteiger partial charge >= 0.3 is 5.97 Å². The van der Waals surface area contributed by atoms with Crippen LogP contribution in [0.3, 0.4) is 0 Å². The molecule has 0 spiro atoms. The van der Waals surface area contributed by atoms with E-state index in [1.807, 2.05) is 24.3 Å². The second-order valence-electron chi connectivity index (χ2n) is 8.63. The summed E-state index contributed by atoms with van der Waals surface area (Å²) in [7, 11) is 3.24. The van der Waals surface area contributed by atoms with Crippen molar-refractivity contribution in [3.63, 3.8) is 0 Å². The Balaban J connectivity index is 1.46. The van der Waals surface area contributed by atoms with Gasteiger partial charge in [-0.15, -0.1) is 0 Å². The number of ether oxygens (including phenoxy) is 2. The molecule has 0 atom stereocenters. The zero-order chi connectivity index (χ0) is 23.9. The van der Waals surface area contributed by atoms with Crippen LogP contribution in [-0.4, -0.2) is 48.4 Å². The van der Waals surface area contributed by atoms with Crippen LogP contribution in [0.5, 0.6) is 11.5 Å². The number of anilines is 1. The molecule has 178 valence electrons. The minimum atomic E-state index is -1.01. The molecule has 2 aromatic carbocycles. The van der Waals surface area contributed by atoms with Crippen LogP contribution in [0.25, 0.3) is 0 Å². The van der Waals surface area contributed by atoms with Crippen molar-refractivity contribution in [3.8, 4) is 11.5 Å². The van der Waals surface area contributed by atoms with Crippen LogP contribution >= 0.6 is 0 Å². The summed E-state index contributed by atoms with van der Waals surface area (Å²) in [5.41, 5.74) is 3.00. The summed E-state index contributed by atoms with van der Waals surface area (Å²) in [6.07, 6.45) is 5.70. The number of carbonyl (C=O) groups is 1. The minimum Gasteiger partial charge on any atom is -0.497 e. The third-order valence-electron chi connectivity index (χ3n) is 6.47. The molecule has 7 nitrogen and oxygen atoms in total. The highest BCUT2D eigenvalue weighted by atomic mass is 16.5. The van der Waals surface area contributed by atoms with Crippen LogP contribution in [0, 0.1) is 5.92 Å². The lowest BCUT2D eigenvalue weighted by Crippen LogP contribution is -2.35. The van der Waals surface area contributed by atoms with Gasteiger partial charge in [0.05, 0.1) is 25.5 Å². The second-order valence-corrected chi connectivity index (χ2v) is 8.63. The van der Waals surface area contributed by atoms with Crippen LogP contribution in [0.1, 0.15) is 40.0 Å². The standard InChI is InChI=1S/C27H31N3O4/c1-33-22-9-11-25(34-2)21(17-22)8-10-24-23(26(31)32)18-28-27(29-24)30-14-12-20(13-15-30)16-19-6-4-3-5-7-19/h3-7,9,11,17-18,20H,8,10,12-16H2,1-2H3,(H,31,32). The van der Waals surface area contributed by atoms with Gasteiger partial charge in [-0.3, -0.25) is 0 Å². The SMILES string of the molecule is COc1ccc(OC)c(CCc2nc(N3CCC(Cc4ccccc4)CC3)ncc2C(=O)O)c1. The van der Waals surface area contributed by atoms with Crippen molar-refractivity contribution < 1.29 is 19.4 Å². The Hall–Kier alpha value is -3.61. The average Bonchev–Trinajstić information content (AvgIpc) is 2.88. The predicted molar refractivity (Wildman–Crippen MR) is 131 cm³/mol. The number of carboxylic acids is 1. The van der Waals surface area contributed by atoms with E-state index in [0.717, 1.165) is 49.4 Å². The number of aryl methyl sites for hydroxylation is 2. The summed E-state index contributed by atoms with van der Waals surface area (Å²) in [6.45, 7) is 1.74. The van der Waals surface area contributed by atoms with Gasteiger partial charge in [-0.25, -0.2) is 14.8 Å². The number of hydrogen-bond acceptors (Lipinski definition) is 6. The van der Waals surface area contributed by atoms with E-state index < -0.39 is 5.97 Å². The first-order valence-electron chi connectivity index (χ1n) is 11.7. The van der Waals surface area contributed by atoms with Gasteiger partial charge in [0.25, 0.3) is 0 Å². The van der Waals surface area contributed by atoms with Crippen LogP contribution in [0.15, 0.2) is 54.7 Å². The number of aromatic nitrogens is 2. The molecule has 0 saturated carbocycles. The van der Waals surface area contributed by atoms with Gasteiger partial charge in [-0.2, -0.15) is 0 Å². The van der Waals surface area contributed by atoms with Crippen molar-refractivity contribution in [1.82, 2.24) is 9.97 Å². The molecule has 0 aliphatic carbocycles. The maximum Gasteiger partial charge on any atom is 0.339 e. The van der Waals surface area contributed by atoms with Crippen molar-refractivity contribution in [2.45, 2.75) is 32.1 Å². The summed E-state index contributed by atoms with van der Waals surface area (Å²) in [6, 6.07) is 16.2. The lowest BCUT2D eigenvalue weighted by atomic mass is 9.90. The Morgan fingerprint density at radius 1 is 1.06 bits per heavy atom. The van der Waals surface area contributed by atoms with Gasteiger partial charge in [0.15, 0.2) is 0 Å². The minimum absolute atomic E-state index is 0.143. The highest BCUT2D eigenvalue weighted by molar-refractivity contribution is 5.88. The molecule has 1 fully saturated rings. The summed E-state index contributed by atoms with van der Waals surface area (Å²) < 4.78 is 10.8. The third-order valence-corrected chi connectivity index (χ3v) is 6.47. The molecule has 7 heteroatoms. The Labute approximate surface area is 200 Å². The highest BCUT2D eigenvalue weighted by Crippen LogP contribution is 2.27. The van der Waals surface area contributed by atoms with Crippen molar-refractivity contribution >= 4 is 11.9 Å². The molecule has 0 radical (unpaired) electrons. The van der Waals surface area contributed by atoms with Gasteiger partial charge in [0.1, 0.15) is 11.5 Å². The molecule has 1 aliphatic rings. The molecular weight excluding hydrogens is 430 g/mol. The van der Waals surface area contributed by atoms with E-state index in [-0.39, 0.29) is 5.56 Å². The first-order chi connectivity index (χ1) is 16.6. The van der Waals surface area contributed by atoms with E-state index in [1.165, 1.54) is 11.8 Å². The summed E-state index contributed by atoms with van der Waals surface area (Å²) in [4.78, 5) is 23.1. The molecule has 0 amide bonds. The van der Waals surface area contributed by atoms with E-state index in [9.17, 15) is 9.90 Å². The van der Waals surface area contributed by atoms with Gasteiger partial charge in [-0.1, -0.05) is 30.3 Å². The molecule has 0 unspecified atom stereocenters. The topological polar surface area (TPSA) is 84.8 Å². The number of rotatable bonds is 9. The van der Waals surface area contributed by atoms with Crippen molar-refractivity contribution in [1.29, 1.82) is 0 Å². The molecule has 4 rings (SSSR count). The molecule has 3 aromatic rings.